The molecule has 2 heterocycles. The fourth-order valence-corrected chi connectivity index (χ4v) is 3.28. The fraction of sp³-hybridized carbons (Fsp3) is 0.636. The molecule has 0 radical (unpaired) electrons. The van der Waals surface area contributed by atoms with Crippen LogP contribution >= 0.6 is 27.3 Å². The van der Waals surface area contributed by atoms with Crippen molar-refractivity contribution in [1.82, 2.24) is 15.5 Å². The van der Waals surface area contributed by atoms with Gasteiger partial charge in [-0.05, 0) is 28.1 Å². The average Bonchev–Trinajstić information content (AvgIpc) is 2.72. The Hall–Kier alpha value is 0.0600. The molecule has 2 N–H and O–H groups in total. The SMILES string of the molecule is Brc1ccc(CNCCN2CCNCC2)s1. The number of hydrogen-bond donors (Lipinski definition) is 2. The van der Waals surface area contributed by atoms with Gasteiger partial charge in [-0.15, -0.1) is 11.3 Å². The minimum Gasteiger partial charge on any atom is -0.314 e. The van der Waals surface area contributed by atoms with Crippen LogP contribution in [0.1, 0.15) is 4.88 Å². The average molecular weight is 304 g/mol. The molecule has 1 aromatic heterocycles. The fourth-order valence-electron chi connectivity index (χ4n) is 1.83. The first-order chi connectivity index (χ1) is 7.84. The van der Waals surface area contributed by atoms with Gasteiger partial charge in [0.05, 0.1) is 3.79 Å². The molecule has 0 atom stereocenters. The van der Waals surface area contributed by atoms with Gasteiger partial charge in [-0.3, -0.25) is 4.90 Å². The predicted octanol–water partition coefficient (Wildman–Crippen LogP) is 1.51. The van der Waals surface area contributed by atoms with E-state index in [2.05, 4.69) is 43.6 Å². The second-order valence-electron chi connectivity index (χ2n) is 3.97. The zero-order chi connectivity index (χ0) is 11.2. The van der Waals surface area contributed by atoms with Gasteiger partial charge in [0.25, 0.3) is 0 Å². The van der Waals surface area contributed by atoms with E-state index in [9.17, 15) is 0 Å². The van der Waals surface area contributed by atoms with E-state index >= 15 is 0 Å². The molecule has 2 rings (SSSR count). The normalized spacial score (nSPS) is 17.8. The van der Waals surface area contributed by atoms with Crippen LogP contribution in [0.5, 0.6) is 0 Å². The third-order valence-corrected chi connectivity index (χ3v) is 4.37. The van der Waals surface area contributed by atoms with Crippen LogP contribution in [-0.4, -0.2) is 44.2 Å². The Morgan fingerprint density at radius 1 is 1.38 bits per heavy atom. The largest absolute Gasteiger partial charge is 0.314 e. The summed E-state index contributed by atoms with van der Waals surface area (Å²) in [5, 5.41) is 6.86. The molecule has 0 bridgehead atoms. The molecule has 1 aliphatic heterocycles. The Morgan fingerprint density at radius 2 is 2.19 bits per heavy atom. The van der Waals surface area contributed by atoms with E-state index in [4.69, 9.17) is 0 Å². The van der Waals surface area contributed by atoms with Crippen molar-refractivity contribution in [2.45, 2.75) is 6.54 Å². The standard InChI is InChI=1S/C11H18BrN3S/c12-11-2-1-10(16-11)9-14-5-8-15-6-3-13-4-7-15/h1-2,13-14H,3-9H2. The van der Waals surface area contributed by atoms with Gasteiger partial charge in [0.1, 0.15) is 0 Å². The lowest BCUT2D eigenvalue weighted by Gasteiger charge is -2.27. The summed E-state index contributed by atoms with van der Waals surface area (Å²) in [6.07, 6.45) is 0. The van der Waals surface area contributed by atoms with E-state index < -0.39 is 0 Å². The molecular formula is C11H18BrN3S. The van der Waals surface area contributed by atoms with E-state index in [1.54, 1.807) is 11.3 Å². The number of rotatable bonds is 5. The van der Waals surface area contributed by atoms with Crippen molar-refractivity contribution in [1.29, 1.82) is 0 Å². The molecule has 1 aliphatic rings. The zero-order valence-electron chi connectivity index (χ0n) is 9.34. The molecule has 90 valence electrons. The summed E-state index contributed by atoms with van der Waals surface area (Å²) in [5.41, 5.74) is 0. The summed E-state index contributed by atoms with van der Waals surface area (Å²) in [6.45, 7) is 7.88. The smallest absolute Gasteiger partial charge is 0.0701 e. The summed E-state index contributed by atoms with van der Waals surface area (Å²) in [5.74, 6) is 0. The Bertz CT molecular complexity index is 310. The van der Waals surface area contributed by atoms with Gasteiger partial charge in [0, 0.05) is 50.7 Å². The number of piperazine rings is 1. The van der Waals surface area contributed by atoms with Crippen molar-refractivity contribution in [3.63, 3.8) is 0 Å². The molecule has 0 spiro atoms. The highest BCUT2D eigenvalue weighted by Crippen LogP contribution is 2.21. The summed E-state index contributed by atoms with van der Waals surface area (Å²) in [7, 11) is 0. The zero-order valence-corrected chi connectivity index (χ0v) is 11.7. The van der Waals surface area contributed by atoms with Gasteiger partial charge in [-0.25, -0.2) is 0 Å². The van der Waals surface area contributed by atoms with Crippen LogP contribution in [0, 0.1) is 0 Å². The number of nitrogens with zero attached hydrogens (tertiary/aromatic N) is 1. The highest BCUT2D eigenvalue weighted by atomic mass is 79.9. The van der Waals surface area contributed by atoms with Crippen molar-refractivity contribution in [3.05, 3.63) is 20.8 Å². The minimum absolute atomic E-state index is 0.988. The summed E-state index contributed by atoms with van der Waals surface area (Å²) in [6, 6.07) is 4.28. The first kappa shape index (κ1) is 12.5. The maximum Gasteiger partial charge on any atom is 0.0701 e. The number of halogens is 1. The summed E-state index contributed by atoms with van der Waals surface area (Å²) >= 11 is 5.28. The highest BCUT2D eigenvalue weighted by Gasteiger charge is 2.07. The monoisotopic (exact) mass is 303 g/mol. The molecular weight excluding hydrogens is 286 g/mol. The van der Waals surface area contributed by atoms with Crippen LogP contribution < -0.4 is 10.6 Å². The highest BCUT2D eigenvalue weighted by molar-refractivity contribution is 9.11. The van der Waals surface area contributed by atoms with Crippen molar-refractivity contribution >= 4 is 27.3 Å². The maximum atomic E-state index is 3.49. The quantitative estimate of drug-likeness (QED) is 0.808. The molecule has 0 unspecified atom stereocenters. The lowest BCUT2D eigenvalue weighted by molar-refractivity contribution is 0.241. The second-order valence-corrected chi connectivity index (χ2v) is 6.52. The van der Waals surface area contributed by atoms with E-state index in [0.717, 1.165) is 32.7 Å². The van der Waals surface area contributed by atoms with Gasteiger partial charge in [-0.1, -0.05) is 0 Å². The van der Waals surface area contributed by atoms with Gasteiger partial charge in [0.15, 0.2) is 0 Å². The molecule has 3 nitrogen and oxygen atoms in total. The molecule has 0 saturated carbocycles. The third-order valence-electron chi connectivity index (χ3n) is 2.74. The van der Waals surface area contributed by atoms with Crippen LogP contribution in [0.3, 0.4) is 0 Å². The Morgan fingerprint density at radius 3 is 2.88 bits per heavy atom. The molecule has 1 aromatic rings. The van der Waals surface area contributed by atoms with Crippen molar-refractivity contribution in [3.8, 4) is 0 Å². The van der Waals surface area contributed by atoms with Gasteiger partial charge in [-0.2, -0.15) is 0 Å². The van der Waals surface area contributed by atoms with Crippen molar-refractivity contribution in [2.75, 3.05) is 39.3 Å². The molecule has 1 saturated heterocycles. The van der Waals surface area contributed by atoms with Crippen LogP contribution in [0.15, 0.2) is 15.9 Å². The molecule has 5 heteroatoms. The first-order valence-corrected chi connectivity index (χ1v) is 7.33. The second kappa shape index (κ2) is 6.71. The number of hydrogen-bond acceptors (Lipinski definition) is 4. The van der Waals surface area contributed by atoms with Crippen LogP contribution in [-0.2, 0) is 6.54 Å². The van der Waals surface area contributed by atoms with Crippen LogP contribution in [0.4, 0.5) is 0 Å². The Labute approximate surface area is 109 Å². The molecule has 0 amide bonds. The lowest BCUT2D eigenvalue weighted by atomic mass is 10.3. The van der Waals surface area contributed by atoms with Crippen molar-refractivity contribution < 1.29 is 0 Å². The Kier molecular flexibility index (Phi) is 5.25. The van der Waals surface area contributed by atoms with Gasteiger partial charge < -0.3 is 10.6 Å². The topological polar surface area (TPSA) is 27.3 Å². The van der Waals surface area contributed by atoms with E-state index in [0.29, 0.717) is 0 Å². The van der Waals surface area contributed by atoms with E-state index in [-0.39, 0.29) is 0 Å². The molecule has 0 aliphatic carbocycles. The van der Waals surface area contributed by atoms with Crippen LogP contribution in [0.2, 0.25) is 0 Å². The summed E-state index contributed by atoms with van der Waals surface area (Å²) < 4.78 is 1.21. The molecule has 0 aromatic carbocycles. The first-order valence-electron chi connectivity index (χ1n) is 5.72. The van der Waals surface area contributed by atoms with Crippen molar-refractivity contribution in [2.24, 2.45) is 0 Å². The Balaban J connectivity index is 1.57. The maximum absolute atomic E-state index is 3.49. The van der Waals surface area contributed by atoms with Gasteiger partial charge >= 0.3 is 0 Å². The lowest BCUT2D eigenvalue weighted by Crippen LogP contribution is -2.45. The minimum atomic E-state index is 0.988. The predicted molar refractivity (Wildman–Crippen MR) is 73.0 cm³/mol. The van der Waals surface area contributed by atoms with E-state index in [1.165, 1.54) is 21.8 Å². The molecule has 16 heavy (non-hydrogen) atoms. The molecule has 1 fully saturated rings. The number of nitrogens with one attached hydrogen (secondary N) is 2. The number of thiophene rings is 1. The van der Waals surface area contributed by atoms with Gasteiger partial charge in [0.2, 0.25) is 0 Å². The third kappa shape index (κ3) is 4.14. The van der Waals surface area contributed by atoms with E-state index in [1.807, 2.05) is 0 Å². The summed E-state index contributed by atoms with van der Waals surface area (Å²) in [4.78, 5) is 3.90. The van der Waals surface area contributed by atoms with Crippen LogP contribution in [0.25, 0.3) is 0 Å².